The summed E-state index contributed by atoms with van der Waals surface area (Å²) >= 11 is 5.71. The van der Waals surface area contributed by atoms with Crippen LogP contribution in [0.5, 0.6) is 0 Å². The highest BCUT2D eigenvalue weighted by atomic mass is 35.5. The molecule has 0 spiro atoms. The van der Waals surface area contributed by atoms with Crippen LogP contribution in [-0.4, -0.2) is 25.2 Å². The molecule has 0 amide bonds. The zero-order chi connectivity index (χ0) is 11.5. The van der Waals surface area contributed by atoms with Crippen LogP contribution in [0.2, 0.25) is 5.02 Å². The quantitative estimate of drug-likeness (QED) is 0.359. The Bertz CT molecular complexity index is 484. The second kappa shape index (κ2) is 4.50. The molecular formula is C8H9ClN2O3S. The van der Waals surface area contributed by atoms with E-state index in [1.54, 1.807) is 12.1 Å². The van der Waals surface area contributed by atoms with Crippen LogP contribution in [0.3, 0.4) is 0 Å². The normalized spacial score (nSPS) is 12.7. The molecule has 15 heavy (non-hydrogen) atoms. The Kier molecular flexibility index (Phi) is 3.54. The summed E-state index contributed by atoms with van der Waals surface area (Å²) in [5.74, 6) is -0.942. The molecule has 0 aliphatic carbocycles. The van der Waals surface area contributed by atoms with Crippen molar-refractivity contribution < 1.29 is 13.6 Å². The first kappa shape index (κ1) is 11.8. The van der Waals surface area contributed by atoms with Crippen LogP contribution in [-0.2, 0) is 9.84 Å². The van der Waals surface area contributed by atoms with Crippen LogP contribution >= 0.6 is 11.6 Å². The molecule has 0 saturated heterocycles. The topological polar surface area (TPSA) is 92.8 Å². The summed E-state index contributed by atoms with van der Waals surface area (Å²) in [5.41, 5.74) is 5.12. The fraction of sp³-hybridized carbons (Fsp3) is 0.125. The molecule has 82 valence electrons. The average molecular weight is 249 g/mol. The first-order chi connectivity index (χ1) is 6.97. The highest BCUT2D eigenvalue weighted by Crippen LogP contribution is 2.21. The van der Waals surface area contributed by atoms with Gasteiger partial charge in [0.1, 0.15) is 5.75 Å². The van der Waals surface area contributed by atoms with Crippen molar-refractivity contribution in [2.45, 2.75) is 4.90 Å². The lowest BCUT2D eigenvalue weighted by atomic mass is 10.4. The van der Waals surface area contributed by atoms with Crippen LogP contribution in [0.25, 0.3) is 0 Å². The van der Waals surface area contributed by atoms with Gasteiger partial charge < -0.3 is 10.9 Å². The Morgan fingerprint density at radius 2 is 2.07 bits per heavy atom. The lowest BCUT2D eigenvalue weighted by Gasteiger charge is -2.04. The van der Waals surface area contributed by atoms with E-state index >= 15 is 0 Å². The molecule has 0 aromatic heterocycles. The number of nitrogens with zero attached hydrogens (tertiary/aromatic N) is 1. The Morgan fingerprint density at radius 1 is 1.47 bits per heavy atom. The summed E-state index contributed by atoms with van der Waals surface area (Å²) in [6, 6.07) is 5.99. The van der Waals surface area contributed by atoms with E-state index in [1.807, 2.05) is 0 Å². The number of rotatable bonds is 3. The van der Waals surface area contributed by atoms with E-state index in [1.165, 1.54) is 12.1 Å². The fourth-order valence-corrected chi connectivity index (χ4v) is 2.74. The Morgan fingerprint density at radius 3 is 2.60 bits per heavy atom. The second-order valence-electron chi connectivity index (χ2n) is 2.78. The van der Waals surface area contributed by atoms with Crippen molar-refractivity contribution in [2.24, 2.45) is 10.9 Å². The summed E-state index contributed by atoms with van der Waals surface area (Å²) in [7, 11) is -3.65. The molecule has 0 heterocycles. The number of nitrogens with two attached hydrogens (primary N) is 1. The number of benzene rings is 1. The molecular weight excluding hydrogens is 240 g/mol. The molecule has 0 atom stereocenters. The van der Waals surface area contributed by atoms with Gasteiger partial charge in [-0.2, -0.15) is 0 Å². The van der Waals surface area contributed by atoms with Crippen LogP contribution in [0.15, 0.2) is 34.3 Å². The van der Waals surface area contributed by atoms with Gasteiger partial charge in [-0.1, -0.05) is 28.9 Å². The van der Waals surface area contributed by atoms with Crippen molar-refractivity contribution in [2.75, 3.05) is 5.75 Å². The van der Waals surface area contributed by atoms with Gasteiger partial charge in [0, 0.05) is 0 Å². The summed E-state index contributed by atoms with van der Waals surface area (Å²) in [6.45, 7) is 0. The van der Waals surface area contributed by atoms with Crippen molar-refractivity contribution in [1.29, 1.82) is 0 Å². The highest BCUT2D eigenvalue weighted by molar-refractivity contribution is 7.92. The third-order valence-electron chi connectivity index (χ3n) is 1.64. The van der Waals surface area contributed by atoms with Gasteiger partial charge in [-0.05, 0) is 12.1 Å². The largest absolute Gasteiger partial charge is 0.409 e. The van der Waals surface area contributed by atoms with Gasteiger partial charge in [0.2, 0.25) is 0 Å². The lowest BCUT2D eigenvalue weighted by Crippen LogP contribution is -2.23. The summed E-state index contributed by atoms with van der Waals surface area (Å²) < 4.78 is 23.3. The van der Waals surface area contributed by atoms with E-state index in [4.69, 9.17) is 22.5 Å². The Labute approximate surface area is 92.1 Å². The Hall–Kier alpha value is -1.27. The van der Waals surface area contributed by atoms with Crippen molar-refractivity contribution in [3.63, 3.8) is 0 Å². The zero-order valence-corrected chi connectivity index (χ0v) is 9.16. The molecule has 7 heteroatoms. The van der Waals surface area contributed by atoms with Crippen molar-refractivity contribution in [1.82, 2.24) is 0 Å². The number of hydrogen-bond donors (Lipinski definition) is 2. The second-order valence-corrected chi connectivity index (χ2v) is 5.15. The van der Waals surface area contributed by atoms with E-state index in [9.17, 15) is 8.42 Å². The molecule has 5 nitrogen and oxygen atoms in total. The predicted octanol–water partition coefficient (Wildman–Crippen LogP) is 0.860. The fourth-order valence-electron chi connectivity index (χ4n) is 0.998. The van der Waals surface area contributed by atoms with Gasteiger partial charge in [0.25, 0.3) is 0 Å². The molecule has 0 saturated carbocycles. The minimum absolute atomic E-state index is 0.0294. The molecule has 0 radical (unpaired) electrons. The van der Waals surface area contributed by atoms with Crippen molar-refractivity contribution >= 4 is 27.3 Å². The van der Waals surface area contributed by atoms with Gasteiger partial charge in [0.15, 0.2) is 15.7 Å². The van der Waals surface area contributed by atoms with Crippen LogP contribution in [0.1, 0.15) is 0 Å². The standard InChI is InChI=1S/C8H9ClN2O3S/c9-6-3-1-2-4-7(6)15(13,14)5-8(10)11-12/h1-4,12H,5H2,(H2,10,11). The van der Waals surface area contributed by atoms with Crippen LogP contribution in [0.4, 0.5) is 0 Å². The number of sulfone groups is 1. The van der Waals surface area contributed by atoms with E-state index in [0.29, 0.717) is 0 Å². The molecule has 0 unspecified atom stereocenters. The van der Waals surface area contributed by atoms with E-state index in [2.05, 4.69) is 5.16 Å². The van der Waals surface area contributed by atoms with Crippen LogP contribution < -0.4 is 5.73 Å². The van der Waals surface area contributed by atoms with Crippen LogP contribution in [0, 0.1) is 0 Å². The maximum Gasteiger partial charge on any atom is 0.187 e. The molecule has 3 N–H and O–H groups in total. The van der Waals surface area contributed by atoms with E-state index in [-0.39, 0.29) is 15.8 Å². The van der Waals surface area contributed by atoms with Gasteiger partial charge in [-0.15, -0.1) is 0 Å². The minimum Gasteiger partial charge on any atom is -0.409 e. The molecule has 0 bridgehead atoms. The maximum atomic E-state index is 11.7. The average Bonchev–Trinajstić information content (AvgIpc) is 2.17. The summed E-state index contributed by atoms with van der Waals surface area (Å²) in [5, 5.41) is 11.0. The molecule has 0 aliphatic heterocycles. The van der Waals surface area contributed by atoms with Gasteiger partial charge in [0.05, 0.1) is 9.92 Å². The van der Waals surface area contributed by atoms with Crippen molar-refractivity contribution in [3.05, 3.63) is 29.3 Å². The number of halogens is 1. The zero-order valence-electron chi connectivity index (χ0n) is 7.59. The van der Waals surface area contributed by atoms with Gasteiger partial charge in [-0.25, -0.2) is 8.42 Å². The van der Waals surface area contributed by atoms with Crippen molar-refractivity contribution in [3.8, 4) is 0 Å². The number of oxime groups is 1. The predicted molar refractivity (Wildman–Crippen MR) is 56.9 cm³/mol. The summed E-state index contributed by atoms with van der Waals surface area (Å²) in [6.07, 6.45) is 0. The Balaban J connectivity index is 3.13. The highest BCUT2D eigenvalue weighted by Gasteiger charge is 2.19. The number of hydrogen-bond acceptors (Lipinski definition) is 4. The number of amidine groups is 1. The molecule has 1 rings (SSSR count). The maximum absolute atomic E-state index is 11.7. The lowest BCUT2D eigenvalue weighted by molar-refractivity contribution is 0.318. The molecule has 1 aromatic rings. The van der Waals surface area contributed by atoms with Gasteiger partial charge >= 0.3 is 0 Å². The SMILES string of the molecule is N/C(CS(=O)(=O)c1ccccc1Cl)=N\O. The molecule has 0 fully saturated rings. The van der Waals surface area contributed by atoms with E-state index in [0.717, 1.165) is 0 Å². The third kappa shape index (κ3) is 2.84. The first-order valence-corrected chi connectivity index (χ1v) is 5.94. The smallest absolute Gasteiger partial charge is 0.187 e. The minimum atomic E-state index is -3.65. The summed E-state index contributed by atoms with van der Waals surface area (Å²) in [4.78, 5) is -0.0294. The first-order valence-electron chi connectivity index (χ1n) is 3.91. The van der Waals surface area contributed by atoms with E-state index < -0.39 is 15.6 Å². The molecule has 1 aromatic carbocycles. The third-order valence-corrected chi connectivity index (χ3v) is 3.78. The molecule has 0 aliphatic rings. The monoisotopic (exact) mass is 248 g/mol. The van der Waals surface area contributed by atoms with Gasteiger partial charge in [-0.3, -0.25) is 0 Å².